The zero-order valence-electron chi connectivity index (χ0n) is 15.0. The van der Waals surface area contributed by atoms with Crippen LogP contribution in [0.3, 0.4) is 0 Å². The van der Waals surface area contributed by atoms with Gasteiger partial charge in [0.15, 0.2) is 0 Å². The average Bonchev–Trinajstić information content (AvgIpc) is 2.56. The molecule has 6 N–H and O–H groups in total. The summed E-state index contributed by atoms with van der Waals surface area (Å²) in [6.07, 6.45) is 0.884. The topological polar surface area (TPSA) is 176 Å². The standard InChI is InChI=1S/C14H27N3O7S3/c1-3-7(2)10(17-13(19)11(26)8(15)4-5-25)12(18)16-9(14(20)21)6-27(22,23)24/h7-11,25-26H,3-6,15H2,1-2H3,(H,16,18)(H,17,19)(H,20,21)(H,22,23,24)/t7-,8-,9+,10+,11-/m1/s1. The lowest BCUT2D eigenvalue weighted by atomic mass is 9.97. The Labute approximate surface area is 169 Å². The summed E-state index contributed by atoms with van der Waals surface area (Å²) in [7, 11) is -4.64. The number of carbonyl (C=O) groups is 3. The van der Waals surface area contributed by atoms with Crippen molar-refractivity contribution in [2.24, 2.45) is 11.7 Å². The van der Waals surface area contributed by atoms with Crippen molar-refractivity contribution in [1.29, 1.82) is 0 Å². The molecule has 0 aliphatic rings. The smallest absolute Gasteiger partial charge is 0.327 e. The Hall–Kier alpha value is -1.02. The zero-order valence-corrected chi connectivity index (χ0v) is 17.6. The summed E-state index contributed by atoms with van der Waals surface area (Å²) in [6.45, 7) is 3.42. The first-order chi connectivity index (χ1) is 12.3. The van der Waals surface area contributed by atoms with Gasteiger partial charge in [-0.2, -0.15) is 33.7 Å². The lowest BCUT2D eigenvalue weighted by Gasteiger charge is -2.27. The lowest BCUT2D eigenvalue weighted by molar-refractivity contribution is -0.141. The summed E-state index contributed by atoms with van der Waals surface area (Å²) in [5.41, 5.74) is 5.82. The maximum Gasteiger partial charge on any atom is 0.327 e. The summed E-state index contributed by atoms with van der Waals surface area (Å²) < 4.78 is 30.7. The third kappa shape index (κ3) is 9.65. The van der Waals surface area contributed by atoms with E-state index >= 15 is 0 Å². The molecule has 0 fully saturated rings. The molecule has 0 aromatic heterocycles. The van der Waals surface area contributed by atoms with Crippen LogP contribution in [0.1, 0.15) is 26.7 Å². The van der Waals surface area contributed by atoms with Crippen LogP contribution >= 0.6 is 25.3 Å². The molecule has 0 radical (unpaired) electrons. The number of thiol groups is 2. The summed E-state index contributed by atoms with van der Waals surface area (Å²) in [6, 6.07) is -3.60. The number of nitrogens with two attached hydrogens (primary N) is 1. The van der Waals surface area contributed by atoms with E-state index in [0.717, 1.165) is 0 Å². The number of carbonyl (C=O) groups excluding carboxylic acids is 2. The van der Waals surface area contributed by atoms with Crippen molar-refractivity contribution in [3.05, 3.63) is 0 Å². The van der Waals surface area contributed by atoms with E-state index in [1.165, 1.54) is 0 Å². The van der Waals surface area contributed by atoms with E-state index in [1.807, 2.05) is 5.32 Å². The van der Waals surface area contributed by atoms with Crippen molar-refractivity contribution >= 4 is 53.2 Å². The van der Waals surface area contributed by atoms with Crippen LogP contribution in [0.4, 0.5) is 0 Å². The van der Waals surface area contributed by atoms with Crippen molar-refractivity contribution in [2.45, 2.75) is 50.1 Å². The summed E-state index contributed by atoms with van der Waals surface area (Å²) in [5, 5.41) is 12.6. The Bertz CT molecular complexity index is 629. The van der Waals surface area contributed by atoms with Gasteiger partial charge in [-0.05, 0) is 18.1 Å². The maximum atomic E-state index is 12.5. The van der Waals surface area contributed by atoms with E-state index in [2.05, 4.69) is 30.6 Å². The van der Waals surface area contributed by atoms with Crippen molar-refractivity contribution in [3.63, 3.8) is 0 Å². The summed E-state index contributed by atoms with van der Waals surface area (Å²) in [4.78, 5) is 35.9. The second-order valence-electron chi connectivity index (χ2n) is 6.14. The first kappa shape index (κ1) is 26.0. The fourth-order valence-corrected chi connectivity index (χ4v) is 3.26. The van der Waals surface area contributed by atoms with E-state index < -0.39 is 62.9 Å². The molecule has 0 saturated carbocycles. The molecule has 0 rings (SSSR count). The minimum absolute atomic E-state index is 0.393. The molecule has 13 heteroatoms. The molecule has 0 unspecified atom stereocenters. The first-order valence-electron chi connectivity index (χ1n) is 8.17. The predicted octanol–water partition coefficient (Wildman–Crippen LogP) is -1.08. The monoisotopic (exact) mass is 445 g/mol. The molecule has 0 heterocycles. The van der Waals surface area contributed by atoms with Crippen LogP contribution in [-0.4, -0.2) is 70.7 Å². The van der Waals surface area contributed by atoms with Gasteiger partial charge in [0.2, 0.25) is 11.8 Å². The van der Waals surface area contributed by atoms with Crippen molar-refractivity contribution < 1.29 is 32.5 Å². The Morgan fingerprint density at radius 3 is 2.15 bits per heavy atom. The van der Waals surface area contributed by atoms with Crippen LogP contribution in [0.2, 0.25) is 0 Å². The molecular weight excluding hydrogens is 418 g/mol. The van der Waals surface area contributed by atoms with Crippen LogP contribution in [0.5, 0.6) is 0 Å². The molecule has 0 spiro atoms. The molecule has 0 aromatic carbocycles. The molecule has 0 aliphatic carbocycles. The molecule has 0 saturated heterocycles. The van der Waals surface area contributed by atoms with E-state index in [-0.39, 0.29) is 0 Å². The van der Waals surface area contributed by atoms with Crippen LogP contribution < -0.4 is 16.4 Å². The van der Waals surface area contributed by atoms with Gasteiger partial charge in [0.05, 0.1) is 5.25 Å². The maximum absolute atomic E-state index is 12.5. The Morgan fingerprint density at radius 2 is 1.74 bits per heavy atom. The molecule has 5 atom stereocenters. The second-order valence-corrected chi connectivity index (χ2v) is 8.64. The number of aliphatic carboxylic acids is 1. The Morgan fingerprint density at radius 1 is 1.19 bits per heavy atom. The van der Waals surface area contributed by atoms with E-state index in [4.69, 9.17) is 15.4 Å². The SMILES string of the molecule is CC[C@@H](C)[C@H](NC(=O)[C@H](S)[C@H](N)CCS)C(=O)N[C@@H](CS(=O)(=O)O)C(=O)O. The predicted molar refractivity (Wildman–Crippen MR) is 107 cm³/mol. The van der Waals surface area contributed by atoms with Crippen LogP contribution in [-0.2, 0) is 24.5 Å². The molecule has 0 aliphatic heterocycles. The highest BCUT2D eigenvalue weighted by Crippen LogP contribution is 2.12. The number of rotatable bonds is 12. The molecule has 10 nitrogen and oxygen atoms in total. The number of carboxylic acid groups (broad SMARTS) is 1. The Kier molecular flexibility index (Phi) is 11.3. The van der Waals surface area contributed by atoms with Gasteiger partial charge in [-0.1, -0.05) is 20.3 Å². The molecule has 2 amide bonds. The summed E-state index contributed by atoms with van der Waals surface area (Å²) >= 11 is 8.17. The summed E-state index contributed by atoms with van der Waals surface area (Å²) in [5.74, 6) is -4.30. The van der Waals surface area contributed by atoms with Crippen LogP contribution in [0, 0.1) is 5.92 Å². The van der Waals surface area contributed by atoms with Gasteiger partial charge >= 0.3 is 5.97 Å². The number of carboxylic acids is 1. The molecule has 0 bridgehead atoms. The van der Waals surface area contributed by atoms with Crippen molar-refractivity contribution in [2.75, 3.05) is 11.5 Å². The minimum Gasteiger partial charge on any atom is -0.480 e. The fraction of sp³-hybridized carbons (Fsp3) is 0.786. The number of hydrogen-bond acceptors (Lipinski definition) is 8. The second kappa shape index (κ2) is 11.7. The number of nitrogens with one attached hydrogen (secondary N) is 2. The van der Waals surface area contributed by atoms with E-state index in [1.54, 1.807) is 13.8 Å². The van der Waals surface area contributed by atoms with E-state index in [0.29, 0.717) is 18.6 Å². The van der Waals surface area contributed by atoms with E-state index in [9.17, 15) is 22.8 Å². The normalized spacial score (nSPS) is 17.3. The molecule has 27 heavy (non-hydrogen) atoms. The average molecular weight is 446 g/mol. The van der Waals surface area contributed by atoms with Crippen molar-refractivity contribution in [3.8, 4) is 0 Å². The van der Waals surface area contributed by atoms with Gasteiger partial charge in [0.25, 0.3) is 10.1 Å². The highest BCUT2D eigenvalue weighted by atomic mass is 32.2. The highest BCUT2D eigenvalue weighted by Gasteiger charge is 2.33. The zero-order chi connectivity index (χ0) is 21.4. The lowest BCUT2D eigenvalue weighted by Crippen LogP contribution is -2.57. The van der Waals surface area contributed by atoms with Crippen LogP contribution in [0.25, 0.3) is 0 Å². The van der Waals surface area contributed by atoms with Gasteiger partial charge in [-0.15, -0.1) is 0 Å². The molecular formula is C14H27N3O7S3. The van der Waals surface area contributed by atoms with Crippen molar-refractivity contribution in [1.82, 2.24) is 10.6 Å². The van der Waals surface area contributed by atoms with Crippen LogP contribution in [0.15, 0.2) is 0 Å². The van der Waals surface area contributed by atoms with Gasteiger partial charge < -0.3 is 21.5 Å². The Balaban J connectivity index is 5.30. The first-order valence-corrected chi connectivity index (χ1v) is 10.9. The van der Waals surface area contributed by atoms with Gasteiger partial charge in [-0.25, -0.2) is 4.79 Å². The molecule has 0 aromatic rings. The fourth-order valence-electron chi connectivity index (χ4n) is 2.09. The quantitative estimate of drug-likeness (QED) is 0.147. The number of hydrogen-bond donors (Lipinski definition) is 7. The third-order valence-corrected chi connectivity index (χ3v) is 5.55. The number of amides is 2. The minimum atomic E-state index is -4.64. The largest absolute Gasteiger partial charge is 0.480 e. The van der Waals surface area contributed by atoms with Gasteiger partial charge in [-0.3, -0.25) is 14.1 Å². The highest BCUT2D eigenvalue weighted by molar-refractivity contribution is 7.85. The van der Waals surface area contributed by atoms with Gasteiger partial charge in [0, 0.05) is 6.04 Å². The van der Waals surface area contributed by atoms with Gasteiger partial charge in [0.1, 0.15) is 17.8 Å². The third-order valence-electron chi connectivity index (χ3n) is 3.92. The molecule has 158 valence electrons.